The van der Waals surface area contributed by atoms with E-state index in [9.17, 15) is 9.59 Å². The first-order valence-electron chi connectivity index (χ1n) is 7.43. The molecule has 3 rings (SSSR count). The van der Waals surface area contributed by atoms with Gasteiger partial charge in [-0.15, -0.1) is 0 Å². The third-order valence-electron chi connectivity index (χ3n) is 3.72. The Bertz CT molecular complexity index is 915. The summed E-state index contributed by atoms with van der Waals surface area (Å²) in [7, 11) is 0. The molecule has 0 spiro atoms. The van der Waals surface area contributed by atoms with E-state index in [4.69, 9.17) is 0 Å². The quantitative estimate of drug-likeness (QED) is 0.803. The highest BCUT2D eigenvalue weighted by Crippen LogP contribution is 2.15. The summed E-state index contributed by atoms with van der Waals surface area (Å²) in [5.41, 5.74) is 1.12. The number of aromatic nitrogens is 2. The van der Waals surface area contributed by atoms with Crippen LogP contribution in [-0.4, -0.2) is 22.0 Å². The maximum atomic E-state index is 12.2. The summed E-state index contributed by atoms with van der Waals surface area (Å²) in [5.74, 6) is -0.149. The van der Waals surface area contributed by atoms with Crippen molar-refractivity contribution in [2.45, 2.75) is 13.5 Å². The minimum Gasteiger partial charge on any atom is -0.350 e. The molecule has 1 amide bonds. The van der Waals surface area contributed by atoms with Gasteiger partial charge in [0.1, 0.15) is 0 Å². The first-order chi connectivity index (χ1) is 11.1. The first kappa shape index (κ1) is 15.0. The van der Waals surface area contributed by atoms with Gasteiger partial charge in [0, 0.05) is 30.4 Å². The number of benzene rings is 2. The molecule has 1 N–H and O–H groups in total. The Hall–Kier alpha value is -2.95. The Labute approximate surface area is 133 Å². The Kier molecular flexibility index (Phi) is 4.19. The van der Waals surface area contributed by atoms with E-state index in [1.807, 2.05) is 36.4 Å². The van der Waals surface area contributed by atoms with Crippen molar-refractivity contribution in [1.82, 2.24) is 14.9 Å². The van der Waals surface area contributed by atoms with Crippen molar-refractivity contribution in [3.05, 3.63) is 76.5 Å². The second-order valence-corrected chi connectivity index (χ2v) is 5.39. The van der Waals surface area contributed by atoms with E-state index in [2.05, 4.69) is 10.3 Å². The number of nitrogens with one attached hydrogen (secondary N) is 1. The molecule has 0 aliphatic carbocycles. The van der Waals surface area contributed by atoms with E-state index < -0.39 is 0 Å². The summed E-state index contributed by atoms with van der Waals surface area (Å²) in [5, 5.41) is 4.96. The summed E-state index contributed by atoms with van der Waals surface area (Å²) < 4.78 is 1.50. The van der Waals surface area contributed by atoms with Gasteiger partial charge in [0.15, 0.2) is 0 Å². The molecule has 5 heteroatoms. The molecule has 5 nitrogen and oxygen atoms in total. The van der Waals surface area contributed by atoms with Crippen molar-refractivity contribution in [1.29, 1.82) is 0 Å². The molecule has 1 aromatic heterocycles. The predicted octanol–water partition coefficient (Wildman–Crippen LogP) is 2.13. The van der Waals surface area contributed by atoms with Crippen LogP contribution in [0.2, 0.25) is 0 Å². The van der Waals surface area contributed by atoms with Gasteiger partial charge in [-0.1, -0.05) is 30.3 Å². The maximum absolute atomic E-state index is 12.2. The van der Waals surface area contributed by atoms with Gasteiger partial charge in [0.25, 0.3) is 11.5 Å². The zero-order valence-electron chi connectivity index (χ0n) is 12.8. The van der Waals surface area contributed by atoms with E-state index in [1.54, 1.807) is 13.0 Å². The number of carbonyl (C=O) groups is 1. The van der Waals surface area contributed by atoms with Gasteiger partial charge < -0.3 is 5.32 Å². The van der Waals surface area contributed by atoms with E-state index >= 15 is 0 Å². The average molecular weight is 307 g/mol. The molecule has 0 fully saturated rings. The Morgan fingerprint density at radius 2 is 1.96 bits per heavy atom. The molecule has 0 aliphatic rings. The Balaban J connectivity index is 1.66. The lowest BCUT2D eigenvalue weighted by molar-refractivity contribution is 0.0952. The number of fused-ring (bicyclic) bond motifs is 1. The third kappa shape index (κ3) is 3.29. The molecule has 0 bridgehead atoms. The molecule has 0 aliphatic heterocycles. The summed E-state index contributed by atoms with van der Waals surface area (Å²) in [6.07, 6.45) is 3.02. The topological polar surface area (TPSA) is 64.0 Å². The van der Waals surface area contributed by atoms with Crippen LogP contribution in [0.15, 0.2) is 59.8 Å². The van der Waals surface area contributed by atoms with Crippen molar-refractivity contribution in [3.8, 4) is 0 Å². The van der Waals surface area contributed by atoms with Crippen molar-refractivity contribution < 1.29 is 4.79 Å². The number of hydrogen-bond acceptors (Lipinski definition) is 3. The van der Waals surface area contributed by atoms with Crippen LogP contribution in [-0.2, 0) is 6.54 Å². The van der Waals surface area contributed by atoms with E-state index in [1.165, 1.54) is 17.1 Å². The second kappa shape index (κ2) is 6.44. The molecule has 2 aromatic carbocycles. The molecule has 0 saturated carbocycles. The smallest absolute Gasteiger partial charge is 0.256 e. The van der Waals surface area contributed by atoms with E-state index in [0.29, 0.717) is 24.2 Å². The monoisotopic (exact) mass is 307 g/mol. The van der Waals surface area contributed by atoms with Crippen LogP contribution in [0, 0.1) is 6.92 Å². The summed E-state index contributed by atoms with van der Waals surface area (Å²) in [4.78, 5) is 28.1. The lowest BCUT2D eigenvalue weighted by atomic mass is 10.1. The fraction of sp³-hybridized carbons (Fsp3) is 0.167. The molecular formula is C18H17N3O2. The highest BCUT2D eigenvalue weighted by Gasteiger charge is 2.06. The predicted molar refractivity (Wildman–Crippen MR) is 89.5 cm³/mol. The van der Waals surface area contributed by atoms with E-state index in [0.717, 1.165) is 10.8 Å². The summed E-state index contributed by atoms with van der Waals surface area (Å²) >= 11 is 0. The van der Waals surface area contributed by atoms with Crippen molar-refractivity contribution in [3.63, 3.8) is 0 Å². The zero-order chi connectivity index (χ0) is 16.2. The molecule has 116 valence electrons. The van der Waals surface area contributed by atoms with Gasteiger partial charge in [-0.25, -0.2) is 4.98 Å². The van der Waals surface area contributed by atoms with Crippen molar-refractivity contribution in [2.75, 3.05) is 6.54 Å². The van der Waals surface area contributed by atoms with Gasteiger partial charge in [-0.2, -0.15) is 0 Å². The largest absolute Gasteiger partial charge is 0.350 e. The normalized spacial score (nSPS) is 10.7. The average Bonchev–Trinajstić information content (AvgIpc) is 2.58. The highest BCUT2D eigenvalue weighted by molar-refractivity contribution is 5.98. The van der Waals surface area contributed by atoms with Crippen LogP contribution < -0.4 is 10.9 Å². The van der Waals surface area contributed by atoms with Crippen LogP contribution in [0.5, 0.6) is 0 Å². The van der Waals surface area contributed by atoms with Gasteiger partial charge in [0.05, 0.1) is 6.33 Å². The number of aryl methyl sites for hydroxylation is 1. The van der Waals surface area contributed by atoms with Gasteiger partial charge in [-0.05, 0) is 29.8 Å². The second-order valence-electron chi connectivity index (χ2n) is 5.39. The SMILES string of the molecule is Cc1cncn(CCNC(=O)c2ccc3ccccc3c2)c1=O. The van der Waals surface area contributed by atoms with Crippen LogP contribution in [0.3, 0.4) is 0 Å². The molecular weight excluding hydrogens is 290 g/mol. The lowest BCUT2D eigenvalue weighted by Crippen LogP contribution is -2.31. The molecule has 0 atom stereocenters. The summed E-state index contributed by atoms with van der Waals surface area (Å²) in [6, 6.07) is 13.5. The number of rotatable bonds is 4. The van der Waals surface area contributed by atoms with Crippen LogP contribution in [0.1, 0.15) is 15.9 Å². The highest BCUT2D eigenvalue weighted by atomic mass is 16.1. The number of carbonyl (C=O) groups excluding carboxylic acids is 1. The third-order valence-corrected chi connectivity index (χ3v) is 3.72. The van der Waals surface area contributed by atoms with Gasteiger partial charge >= 0.3 is 0 Å². The molecule has 0 unspecified atom stereocenters. The minimum atomic E-state index is -0.149. The van der Waals surface area contributed by atoms with Gasteiger partial charge in [-0.3, -0.25) is 14.2 Å². The Morgan fingerprint density at radius 1 is 1.17 bits per heavy atom. The van der Waals surface area contributed by atoms with Crippen LogP contribution >= 0.6 is 0 Å². The molecule has 23 heavy (non-hydrogen) atoms. The molecule has 0 radical (unpaired) electrons. The minimum absolute atomic E-state index is 0.0834. The van der Waals surface area contributed by atoms with Crippen LogP contribution in [0.25, 0.3) is 10.8 Å². The standard InChI is InChI=1S/C18H17N3O2/c1-13-11-19-12-21(18(13)23)9-8-20-17(22)16-7-6-14-4-2-3-5-15(14)10-16/h2-7,10-12H,8-9H2,1H3,(H,20,22). The number of amides is 1. The van der Waals surface area contributed by atoms with Gasteiger partial charge in [0.2, 0.25) is 0 Å². The fourth-order valence-electron chi connectivity index (χ4n) is 2.44. The summed E-state index contributed by atoms with van der Waals surface area (Å²) in [6.45, 7) is 2.49. The molecule has 3 aromatic rings. The van der Waals surface area contributed by atoms with Crippen molar-refractivity contribution in [2.24, 2.45) is 0 Å². The number of nitrogens with zero attached hydrogens (tertiary/aromatic N) is 2. The number of hydrogen-bond donors (Lipinski definition) is 1. The maximum Gasteiger partial charge on any atom is 0.256 e. The first-order valence-corrected chi connectivity index (χ1v) is 7.43. The molecule has 0 saturated heterocycles. The molecule has 1 heterocycles. The van der Waals surface area contributed by atoms with Crippen LogP contribution in [0.4, 0.5) is 0 Å². The fourth-order valence-corrected chi connectivity index (χ4v) is 2.44. The van der Waals surface area contributed by atoms with Crippen molar-refractivity contribution >= 4 is 16.7 Å². The lowest BCUT2D eigenvalue weighted by Gasteiger charge is -2.08. The zero-order valence-corrected chi connectivity index (χ0v) is 12.8. The van der Waals surface area contributed by atoms with E-state index in [-0.39, 0.29) is 11.5 Å². The Morgan fingerprint density at radius 3 is 2.78 bits per heavy atom.